The van der Waals surface area contributed by atoms with E-state index < -0.39 is 18.5 Å². The van der Waals surface area contributed by atoms with Crippen LogP contribution in [0.5, 0.6) is 0 Å². The molecule has 1 aromatic heterocycles. The van der Waals surface area contributed by atoms with Crippen molar-refractivity contribution in [2.45, 2.75) is 13.5 Å². The van der Waals surface area contributed by atoms with Gasteiger partial charge in [-0.05, 0) is 24.6 Å². The molecule has 2 aromatic carbocycles. The second-order valence-electron chi connectivity index (χ2n) is 6.14. The zero-order valence-corrected chi connectivity index (χ0v) is 16.5. The molecule has 29 heavy (non-hydrogen) atoms. The number of anilines is 2. The summed E-state index contributed by atoms with van der Waals surface area (Å²) >= 11 is 1.28. The van der Waals surface area contributed by atoms with Gasteiger partial charge in [0.2, 0.25) is 0 Å². The van der Waals surface area contributed by atoms with Crippen molar-refractivity contribution >= 4 is 39.8 Å². The molecule has 0 atom stereocenters. The molecule has 148 valence electrons. The number of esters is 1. The summed E-state index contributed by atoms with van der Waals surface area (Å²) in [6.07, 6.45) is 0. The van der Waals surface area contributed by atoms with Crippen molar-refractivity contribution in [2.75, 3.05) is 17.2 Å². The number of amides is 1. The van der Waals surface area contributed by atoms with E-state index >= 15 is 0 Å². The van der Waals surface area contributed by atoms with Crippen LogP contribution in [0.25, 0.3) is 0 Å². The van der Waals surface area contributed by atoms with E-state index in [-0.39, 0.29) is 11.5 Å². The molecule has 1 heterocycles. The Balaban J connectivity index is 1.48. The number of carbonyl (C=O) groups is 3. The Morgan fingerprint density at radius 2 is 1.86 bits per heavy atom. The molecule has 0 saturated heterocycles. The first-order valence-electron chi connectivity index (χ1n) is 8.82. The Labute approximate surface area is 171 Å². The number of aromatic nitrogens is 1. The van der Waals surface area contributed by atoms with Crippen molar-refractivity contribution in [3.63, 3.8) is 0 Å². The van der Waals surface area contributed by atoms with Crippen LogP contribution in [-0.2, 0) is 16.1 Å². The molecule has 0 aliphatic carbocycles. The molecule has 1 amide bonds. The van der Waals surface area contributed by atoms with Gasteiger partial charge in [0.1, 0.15) is 0 Å². The highest BCUT2D eigenvalue weighted by Gasteiger charge is 2.14. The number of hydrogen-bond donors (Lipinski definition) is 2. The largest absolute Gasteiger partial charge is 0.451 e. The minimum atomic E-state index is -0.679. The van der Waals surface area contributed by atoms with Crippen molar-refractivity contribution in [1.29, 1.82) is 0 Å². The molecule has 2 N–H and O–H groups in total. The third-order valence-electron chi connectivity index (χ3n) is 3.89. The zero-order chi connectivity index (χ0) is 20.6. The predicted molar refractivity (Wildman–Crippen MR) is 111 cm³/mol. The second kappa shape index (κ2) is 9.61. The van der Waals surface area contributed by atoms with Crippen LogP contribution >= 0.6 is 11.3 Å². The van der Waals surface area contributed by atoms with Gasteiger partial charge in [0.15, 0.2) is 23.2 Å². The van der Waals surface area contributed by atoms with E-state index in [9.17, 15) is 14.4 Å². The minimum absolute atomic E-state index is 0.104. The van der Waals surface area contributed by atoms with Crippen LogP contribution < -0.4 is 10.6 Å². The molecule has 3 rings (SSSR count). The van der Waals surface area contributed by atoms with E-state index in [0.717, 1.165) is 5.56 Å². The quantitative estimate of drug-likeness (QED) is 0.434. The van der Waals surface area contributed by atoms with Crippen molar-refractivity contribution in [1.82, 2.24) is 4.98 Å². The average molecular weight is 409 g/mol. The molecule has 8 heteroatoms. The lowest BCUT2D eigenvalue weighted by Crippen LogP contribution is -2.21. The number of carbonyl (C=O) groups excluding carboxylic acids is 3. The Kier molecular flexibility index (Phi) is 6.70. The number of benzene rings is 2. The van der Waals surface area contributed by atoms with Gasteiger partial charge in [-0.3, -0.25) is 9.59 Å². The second-order valence-corrected chi connectivity index (χ2v) is 7.00. The topological polar surface area (TPSA) is 97.4 Å². The number of thiazole rings is 1. The van der Waals surface area contributed by atoms with Gasteiger partial charge in [-0.1, -0.05) is 42.5 Å². The summed E-state index contributed by atoms with van der Waals surface area (Å²) in [5, 5.41) is 7.89. The van der Waals surface area contributed by atoms with Crippen molar-refractivity contribution in [3.8, 4) is 0 Å². The number of rotatable bonds is 8. The number of nitrogens with one attached hydrogen (secondary N) is 2. The highest BCUT2D eigenvalue weighted by atomic mass is 32.1. The molecule has 0 fully saturated rings. The van der Waals surface area contributed by atoms with Gasteiger partial charge in [-0.2, -0.15) is 0 Å². The van der Waals surface area contributed by atoms with Crippen LogP contribution in [0.1, 0.15) is 33.3 Å². The molecule has 0 radical (unpaired) electrons. The number of hydrogen-bond acceptors (Lipinski definition) is 7. The summed E-state index contributed by atoms with van der Waals surface area (Å²) in [7, 11) is 0. The number of ether oxygens (including phenoxy) is 1. The Morgan fingerprint density at radius 1 is 1.07 bits per heavy atom. The summed E-state index contributed by atoms with van der Waals surface area (Å²) < 4.78 is 5.01. The maximum absolute atomic E-state index is 12.1. The lowest BCUT2D eigenvalue weighted by molar-refractivity contribution is -0.119. The van der Waals surface area contributed by atoms with Crippen LogP contribution in [0.2, 0.25) is 0 Å². The van der Waals surface area contributed by atoms with Gasteiger partial charge in [-0.25, -0.2) is 9.78 Å². The van der Waals surface area contributed by atoms with Crippen LogP contribution in [0.3, 0.4) is 0 Å². The van der Waals surface area contributed by atoms with E-state index in [1.54, 1.807) is 29.6 Å². The highest BCUT2D eigenvalue weighted by Crippen LogP contribution is 2.17. The average Bonchev–Trinajstić information content (AvgIpc) is 3.20. The molecule has 0 aliphatic rings. The molecule has 0 saturated carbocycles. The molecule has 7 nitrogen and oxygen atoms in total. The lowest BCUT2D eigenvalue weighted by atomic mass is 10.1. The minimum Gasteiger partial charge on any atom is -0.451 e. The third kappa shape index (κ3) is 5.98. The van der Waals surface area contributed by atoms with Crippen molar-refractivity contribution < 1.29 is 19.1 Å². The van der Waals surface area contributed by atoms with Gasteiger partial charge in [-0.15, -0.1) is 11.3 Å². The molecular weight excluding hydrogens is 390 g/mol. The summed E-state index contributed by atoms with van der Waals surface area (Å²) in [6.45, 7) is 1.58. The fraction of sp³-hybridized carbons (Fsp3) is 0.143. The number of Topliss-reactive ketones (excluding diaryl/α,β-unsaturated/α-hetero) is 1. The number of nitrogens with zero attached hydrogens (tertiary/aromatic N) is 1. The maximum Gasteiger partial charge on any atom is 0.358 e. The van der Waals surface area contributed by atoms with Crippen LogP contribution in [-0.4, -0.2) is 29.3 Å². The summed E-state index contributed by atoms with van der Waals surface area (Å²) in [4.78, 5) is 39.7. The SMILES string of the molecule is CC(=O)c1cccc(NC(=O)COC(=O)c2csc(NCc3ccccc3)n2)c1. The van der Waals surface area contributed by atoms with Crippen molar-refractivity contribution in [3.05, 3.63) is 76.8 Å². The Bertz CT molecular complexity index is 1020. The predicted octanol–water partition coefficient (Wildman–Crippen LogP) is 3.75. The van der Waals surface area contributed by atoms with Gasteiger partial charge >= 0.3 is 5.97 Å². The molecule has 0 bridgehead atoms. The van der Waals surface area contributed by atoms with Crippen molar-refractivity contribution in [2.24, 2.45) is 0 Å². The zero-order valence-electron chi connectivity index (χ0n) is 15.7. The molecule has 3 aromatic rings. The molecule has 0 unspecified atom stereocenters. The van der Waals surface area contributed by atoms with E-state index in [0.29, 0.717) is 22.9 Å². The van der Waals surface area contributed by atoms with Crippen LogP contribution in [0, 0.1) is 0 Å². The van der Waals surface area contributed by atoms with Crippen LogP contribution in [0.15, 0.2) is 60.0 Å². The van der Waals surface area contributed by atoms with Gasteiger partial charge in [0.05, 0.1) is 0 Å². The van der Waals surface area contributed by atoms with E-state index in [2.05, 4.69) is 15.6 Å². The monoisotopic (exact) mass is 409 g/mol. The van der Waals surface area contributed by atoms with Gasteiger partial charge in [0, 0.05) is 23.2 Å². The molecular formula is C21H19N3O4S. The lowest BCUT2D eigenvalue weighted by Gasteiger charge is -2.07. The Morgan fingerprint density at radius 3 is 2.62 bits per heavy atom. The standard InChI is InChI=1S/C21H19N3O4S/c1-14(25)16-8-5-9-17(10-16)23-19(26)12-28-20(27)18-13-29-21(24-18)22-11-15-6-3-2-4-7-15/h2-10,13H,11-12H2,1H3,(H,22,24)(H,23,26). The first kappa shape index (κ1) is 20.2. The highest BCUT2D eigenvalue weighted by molar-refractivity contribution is 7.13. The first-order chi connectivity index (χ1) is 14.0. The summed E-state index contributed by atoms with van der Waals surface area (Å²) in [5.41, 5.74) is 2.17. The number of ketones is 1. The van der Waals surface area contributed by atoms with E-state index in [1.165, 1.54) is 18.3 Å². The molecule has 0 spiro atoms. The summed E-state index contributed by atoms with van der Waals surface area (Å²) in [6, 6.07) is 16.3. The summed E-state index contributed by atoms with van der Waals surface area (Å²) in [5.74, 6) is -1.29. The normalized spacial score (nSPS) is 10.2. The maximum atomic E-state index is 12.1. The van der Waals surface area contributed by atoms with E-state index in [1.807, 2.05) is 30.3 Å². The molecule has 0 aliphatic heterocycles. The Hall–Kier alpha value is -3.52. The van der Waals surface area contributed by atoms with Gasteiger partial charge < -0.3 is 15.4 Å². The first-order valence-corrected chi connectivity index (χ1v) is 9.70. The fourth-order valence-electron chi connectivity index (χ4n) is 2.44. The van der Waals surface area contributed by atoms with Gasteiger partial charge in [0.25, 0.3) is 5.91 Å². The smallest absolute Gasteiger partial charge is 0.358 e. The van der Waals surface area contributed by atoms with E-state index in [4.69, 9.17) is 4.74 Å². The fourth-order valence-corrected chi connectivity index (χ4v) is 3.12. The van der Waals surface area contributed by atoms with Crippen LogP contribution in [0.4, 0.5) is 10.8 Å². The third-order valence-corrected chi connectivity index (χ3v) is 4.69.